The quantitative estimate of drug-likeness (QED) is 0.431. The Morgan fingerprint density at radius 2 is 1.58 bits per heavy atom. The Kier molecular flexibility index (Phi) is 6.06. The average Bonchev–Trinajstić information content (AvgIpc) is 2.91. The van der Waals surface area contributed by atoms with Crippen molar-refractivity contribution in [1.29, 1.82) is 0 Å². The molecule has 0 N–H and O–H groups in total. The van der Waals surface area contributed by atoms with Gasteiger partial charge >= 0.3 is 0 Å². The van der Waals surface area contributed by atoms with E-state index in [0.717, 1.165) is 33.0 Å². The molecule has 0 saturated heterocycles. The van der Waals surface area contributed by atoms with Crippen LogP contribution in [0, 0.1) is 0 Å². The van der Waals surface area contributed by atoms with Crippen molar-refractivity contribution >= 4 is 11.6 Å². The van der Waals surface area contributed by atoms with Crippen molar-refractivity contribution in [1.82, 2.24) is 9.78 Å². The molecule has 0 aliphatic heterocycles. The van der Waals surface area contributed by atoms with Crippen molar-refractivity contribution in [2.45, 2.75) is 6.54 Å². The van der Waals surface area contributed by atoms with Gasteiger partial charge in [0.15, 0.2) is 0 Å². The maximum Gasteiger partial charge on any atom is 0.107 e. The van der Waals surface area contributed by atoms with Gasteiger partial charge in [0.2, 0.25) is 0 Å². The molecule has 0 fully saturated rings. The topological polar surface area (TPSA) is 17.8 Å². The van der Waals surface area contributed by atoms with Gasteiger partial charge in [0.1, 0.15) is 12.2 Å². The van der Waals surface area contributed by atoms with E-state index in [1.165, 1.54) is 5.56 Å². The SMILES string of the molecule is C[N+](C)(C)Cc1cn(-c2ccccc2)nc1-c1ccc(Cl)cc1.[I-]. The highest BCUT2D eigenvalue weighted by atomic mass is 127. The number of hydrogen-bond acceptors (Lipinski definition) is 1. The van der Waals surface area contributed by atoms with Crippen LogP contribution in [0.1, 0.15) is 5.56 Å². The van der Waals surface area contributed by atoms with Crippen LogP contribution in [-0.4, -0.2) is 35.4 Å². The number of halogens is 2. The Balaban J connectivity index is 0.00000208. The maximum atomic E-state index is 6.02. The molecule has 0 bridgehead atoms. The molecule has 3 nitrogen and oxygen atoms in total. The minimum atomic E-state index is 0. The van der Waals surface area contributed by atoms with Crippen molar-refractivity contribution in [2.75, 3.05) is 21.1 Å². The molecule has 0 atom stereocenters. The third kappa shape index (κ3) is 4.59. The molecule has 5 heteroatoms. The fourth-order valence-electron chi connectivity index (χ4n) is 2.60. The van der Waals surface area contributed by atoms with E-state index in [2.05, 4.69) is 39.5 Å². The highest BCUT2D eigenvalue weighted by Gasteiger charge is 2.18. The summed E-state index contributed by atoms with van der Waals surface area (Å²) in [5, 5.41) is 5.57. The first-order valence-corrected chi connectivity index (χ1v) is 8.00. The molecule has 0 radical (unpaired) electrons. The van der Waals surface area contributed by atoms with Gasteiger partial charge in [-0.3, -0.25) is 0 Å². The van der Waals surface area contributed by atoms with E-state index in [9.17, 15) is 0 Å². The Morgan fingerprint density at radius 3 is 2.17 bits per heavy atom. The van der Waals surface area contributed by atoms with Crippen LogP contribution < -0.4 is 24.0 Å². The predicted octanol–water partition coefficient (Wildman–Crippen LogP) is 1.40. The predicted molar refractivity (Wildman–Crippen MR) is 95.7 cm³/mol. The summed E-state index contributed by atoms with van der Waals surface area (Å²) in [6.45, 7) is 0.908. The fraction of sp³-hybridized carbons (Fsp3) is 0.211. The largest absolute Gasteiger partial charge is 1.00 e. The first-order chi connectivity index (χ1) is 10.9. The van der Waals surface area contributed by atoms with Crippen molar-refractivity contribution < 1.29 is 28.5 Å². The first-order valence-electron chi connectivity index (χ1n) is 7.63. The lowest BCUT2D eigenvalue weighted by molar-refractivity contribution is -0.883. The van der Waals surface area contributed by atoms with Crippen molar-refractivity contribution in [3.05, 3.63) is 71.4 Å². The highest BCUT2D eigenvalue weighted by molar-refractivity contribution is 6.30. The van der Waals surface area contributed by atoms with Gasteiger partial charge in [0.25, 0.3) is 0 Å². The second-order valence-corrected chi connectivity index (χ2v) is 7.17. The molecule has 3 aromatic rings. The van der Waals surface area contributed by atoms with Crippen LogP contribution in [0.25, 0.3) is 16.9 Å². The molecule has 126 valence electrons. The molecule has 2 aromatic carbocycles. The van der Waals surface area contributed by atoms with Gasteiger partial charge < -0.3 is 28.5 Å². The van der Waals surface area contributed by atoms with Crippen LogP contribution in [0.5, 0.6) is 0 Å². The van der Waals surface area contributed by atoms with E-state index < -0.39 is 0 Å². The molecule has 3 rings (SSSR count). The third-order valence-corrected chi connectivity index (χ3v) is 3.83. The zero-order valence-electron chi connectivity index (χ0n) is 14.1. The molecule has 24 heavy (non-hydrogen) atoms. The summed E-state index contributed by atoms with van der Waals surface area (Å²) in [4.78, 5) is 0. The monoisotopic (exact) mass is 453 g/mol. The summed E-state index contributed by atoms with van der Waals surface area (Å²) in [5.74, 6) is 0. The van der Waals surface area contributed by atoms with Gasteiger partial charge in [-0.15, -0.1) is 0 Å². The summed E-state index contributed by atoms with van der Waals surface area (Å²) in [7, 11) is 6.56. The normalized spacial score (nSPS) is 11.2. The van der Waals surface area contributed by atoms with Gasteiger partial charge in [-0.1, -0.05) is 41.9 Å². The summed E-state index contributed by atoms with van der Waals surface area (Å²) >= 11 is 6.02. The zero-order chi connectivity index (χ0) is 16.4. The molecule has 0 aliphatic rings. The van der Waals surface area contributed by atoms with Gasteiger partial charge in [-0.2, -0.15) is 5.10 Å². The number of benzene rings is 2. The van der Waals surface area contributed by atoms with Crippen LogP contribution in [-0.2, 0) is 6.54 Å². The maximum absolute atomic E-state index is 6.02. The Hall–Kier alpha value is -1.37. The smallest absolute Gasteiger partial charge is 0.107 e. The van der Waals surface area contributed by atoms with E-state index in [0.29, 0.717) is 0 Å². The fourth-order valence-corrected chi connectivity index (χ4v) is 2.73. The van der Waals surface area contributed by atoms with Crippen molar-refractivity contribution in [3.8, 4) is 16.9 Å². The number of aromatic nitrogens is 2. The minimum Gasteiger partial charge on any atom is -1.00 e. The van der Waals surface area contributed by atoms with Gasteiger partial charge in [0.05, 0.1) is 32.4 Å². The van der Waals surface area contributed by atoms with Crippen LogP contribution in [0.4, 0.5) is 0 Å². The number of quaternary nitrogens is 1. The van der Waals surface area contributed by atoms with Crippen LogP contribution >= 0.6 is 11.6 Å². The number of rotatable bonds is 4. The van der Waals surface area contributed by atoms with Crippen molar-refractivity contribution in [3.63, 3.8) is 0 Å². The number of hydrogen-bond donors (Lipinski definition) is 0. The third-order valence-electron chi connectivity index (χ3n) is 3.57. The second-order valence-electron chi connectivity index (χ2n) is 6.74. The molecular formula is C19H21ClIN3. The molecule has 0 aliphatic carbocycles. The summed E-state index contributed by atoms with van der Waals surface area (Å²) in [6, 6.07) is 18.1. The first kappa shape index (κ1) is 19.0. The lowest BCUT2D eigenvalue weighted by atomic mass is 10.1. The summed E-state index contributed by atoms with van der Waals surface area (Å²) in [6.07, 6.45) is 2.13. The van der Waals surface area contributed by atoms with Gasteiger partial charge in [0, 0.05) is 16.8 Å². The van der Waals surface area contributed by atoms with Gasteiger partial charge in [-0.25, -0.2) is 4.68 Å². The van der Waals surface area contributed by atoms with E-state index in [4.69, 9.17) is 16.7 Å². The molecule has 0 saturated carbocycles. The standard InChI is InChI=1S/C19H21ClN3.HI/c1-23(2,3)14-16-13-22(18-7-5-4-6-8-18)21-19(16)15-9-11-17(20)12-10-15;/h4-13H,14H2,1-3H3;1H/q+1;/p-1. The molecule has 1 aromatic heterocycles. The van der Waals surface area contributed by atoms with E-state index in [1.807, 2.05) is 47.1 Å². The summed E-state index contributed by atoms with van der Waals surface area (Å²) in [5.41, 5.74) is 4.39. The lowest BCUT2D eigenvalue weighted by Crippen LogP contribution is -3.00. The molecule has 0 unspecified atom stereocenters. The minimum absolute atomic E-state index is 0. The van der Waals surface area contributed by atoms with E-state index in [-0.39, 0.29) is 24.0 Å². The number of para-hydroxylation sites is 1. The van der Waals surface area contributed by atoms with Gasteiger partial charge in [-0.05, 0) is 24.3 Å². The van der Waals surface area contributed by atoms with Crippen LogP contribution in [0.3, 0.4) is 0 Å². The molecule has 0 spiro atoms. The molecule has 0 amide bonds. The molecule has 1 heterocycles. The van der Waals surface area contributed by atoms with E-state index >= 15 is 0 Å². The highest BCUT2D eigenvalue weighted by Crippen LogP contribution is 2.26. The second kappa shape index (κ2) is 7.68. The Labute approximate surface area is 165 Å². The van der Waals surface area contributed by atoms with Crippen LogP contribution in [0.2, 0.25) is 5.02 Å². The summed E-state index contributed by atoms with van der Waals surface area (Å²) < 4.78 is 2.80. The zero-order valence-corrected chi connectivity index (χ0v) is 17.0. The van der Waals surface area contributed by atoms with Crippen molar-refractivity contribution in [2.24, 2.45) is 0 Å². The van der Waals surface area contributed by atoms with E-state index in [1.54, 1.807) is 0 Å². The lowest BCUT2D eigenvalue weighted by Gasteiger charge is -2.23. The van der Waals surface area contributed by atoms with Crippen LogP contribution in [0.15, 0.2) is 60.8 Å². The Bertz CT molecular complexity index is 790. The molecular weight excluding hydrogens is 433 g/mol. The Morgan fingerprint density at radius 1 is 0.958 bits per heavy atom. The average molecular weight is 454 g/mol. The number of nitrogens with zero attached hydrogens (tertiary/aromatic N) is 3.